The van der Waals surface area contributed by atoms with Crippen molar-refractivity contribution < 1.29 is 13.9 Å². The Labute approximate surface area is 183 Å². The van der Waals surface area contributed by atoms with Crippen LogP contribution < -0.4 is 5.32 Å². The number of nitrogens with one attached hydrogen (secondary N) is 1. The van der Waals surface area contributed by atoms with Crippen LogP contribution in [0.1, 0.15) is 13.3 Å². The monoisotopic (exact) mass is 448 g/mol. The fourth-order valence-electron chi connectivity index (χ4n) is 2.77. The van der Waals surface area contributed by atoms with Crippen LogP contribution >= 0.6 is 23.4 Å². The average Bonchev–Trinajstić information content (AvgIpc) is 3.12. The van der Waals surface area contributed by atoms with E-state index in [4.69, 9.17) is 16.3 Å². The summed E-state index contributed by atoms with van der Waals surface area (Å²) in [6, 6.07) is 13.1. The molecule has 1 atom stereocenters. The number of rotatable bonds is 9. The molecule has 2 aromatic carbocycles. The quantitative estimate of drug-likeness (QED) is 0.372. The van der Waals surface area contributed by atoms with Gasteiger partial charge in [0.25, 0.3) is 0 Å². The van der Waals surface area contributed by atoms with Crippen molar-refractivity contribution in [3.05, 3.63) is 59.4 Å². The molecule has 9 heteroatoms. The van der Waals surface area contributed by atoms with Gasteiger partial charge in [0, 0.05) is 31.5 Å². The number of anilines is 1. The highest BCUT2D eigenvalue weighted by Gasteiger charge is 2.21. The molecule has 3 rings (SSSR count). The number of hydrogen-bond acceptors (Lipinski definition) is 5. The highest BCUT2D eigenvalue weighted by atomic mass is 35.5. The summed E-state index contributed by atoms with van der Waals surface area (Å²) in [5, 5.41) is 12.2. The minimum absolute atomic E-state index is 0.211. The van der Waals surface area contributed by atoms with Crippen LogP contribution in [0.25, 0.3) is 11.4 Å². The summed E-state index contributed by atoms with van der Waals surface area (Å²) in [5.41, 5.74) is 1.31. The summed E-state index contributed by atoms with van der Waals surface area (Å²) in [5.74, 6) is 0.0781. The molecule has 0 spiro atoms. The molecule has 6 nitrogen and oxygen atoms in total. The molecule has 0 aliphatic heterocycles. The highest BCUT2D eigenvalue weighted by Crippen LogP contribution is 2.31. The van der Waals surface area contributed by atoms with Crippen molar-refractivity contribution in [2.45, 2.75) is 30.3 Å². The third-order valence-corrected chi connectivity index (χ3v) is 5.74. The average molecular weight is 449 g/mol. The van der Waals surface area contributed by atoms with E-state index in [1.165, 1.54) is 36.0 Å². The van der Waals surface area contributed by atoms with Gasteiger partial charge in [-0.3, -0.25) is 4.79 Å². The van der Waals surface area contributed by atoms with Gasteiger partial charge in [-0.25, -0.2) is 4.39 Å². The standard InChI is InChI=1S/C21H22ClFN4O2S/c1-14(20(28)24-16-10-8-15(23)9-11-16)30-21-26-25-19(27(21)12-5-13-29-2)17-6-3-4-7-18(17)22/h3-4,6-11,14H,5,12-13H2,1-2H3,(H,24,28)/t14-/m0/s1. The Hall–Kier alpha value is -2.42. The first kappa shape index (κ1) is 22.3. The van der Waals surface area contributed by atoms with Crippen molar-refractivity contribution in [3.8, 4) is 11.4 Å². The number of methoxy groups -OCH3 is 1. The summed E-state index contributed by atoms with van der Waals surface area (Å²) in [7, 11) is 1.65. The van der Waals surface area contributed by atoms with E-state index in [-0.39, 0.29) is 11.7 Å². The van der Waals surface area contributed by atoms with Gasteiger partial charge in [0.2, 0.25) is 5.91 Å². The van der Waals surface area contributed by atoms with Crippen molar-refractivity contribution in [3.63, 3.8) is 0 Å². The van der Waals surface area contributed by atoms with Gasteiger partial charge in [-0.2, -0.15) is 0 Å². The molecule has 30 heavy (non-hydrogen) atoms. The molecule has 1 amide bonds. The second kappa shape index (κ2) is 10.6. The molecule has 1 N–H and O–H groups in total. The maximum atomic E-state index is 13.1. The van der Waals surface area contributed by atoms with Gasteiger partial charge in [0.05, 0.1) is 10.3 Å². The molecular weight excluding hydrogens is 427 g/mol. The molecule has 0 bridgehead atoms. The van der Waals surface area contributed by atoms with Crippen LogP contribution in [-0.4, -0.2) is 39.6 Å². The summed E-state index contributed by atoms with van der Waals surface area (Å²) < 4.78 is 20.2. The van der Waals surface area contributed by atoms with E-state index >= 15 is 0 Å². The minimum Gasteiger partial charge on any atom is -0.385 e. The molecule has 0 fully saturated rings. The van der Waals surface area contributed by atoms with Crippen LogP contribution in [0, 0.1) is 5.82 Å². The Balaban J connectivity index is 1.79. The lowest BCUT2D eigenvalue weighted by Gasteiger charge is -2.14. The summed E-state index contributed by atoms with van der Waals surface area (Å²) >= 11 is 7.65. The summed E-state index contributed by atoms with van der Waals surface area (Å²) in [6.07, 6.45) is 0.760. The van der Waals surface area contributed by atoms with E-state index in [1.807, 2.05) is 22.8 Å². The van der Waals surface area contributed by atoms with Gasteiger partial charge in [-0.1, -0.05) is 35.5 Å². The van der Waals surface area contributed by atoms with Crippen LogP contribution in [0.2, 0.25) is 5.02 Å². The number of ether oxygens (including phenoxy) is 1. The van der Waals surface area contributed by atoms with E-state index in [2.05, 4.69) is 15.5 Å². The number of amides is 1. The lowest BCUT2D eigenvalue weighted by molar-refractivity contribution is -0.115. The second-order valence-electron chi connectivity index (χ2n) is 6.54. The Morgan fingerprint density at radius 3 is 2.67 bits per heavy atom. The zero-order chi connectivity index (χ0) is 21.5. The topological polar surface area (TPSA) is 69.0 Å². The zero-order valence-electron chi connectivity index (χ0n) is 16.6. The van der Waals surface area contributed by atoms with E-state index in [1.54, 1.807) is 20.1 Å². The van der Waals surface area contributed by atoms with Gasteiger partial charge < -0.3 is 14.6 Å². The normalized spacial score (nSPS) is 12.0. The lowest BCUT2D eigenvalue weighted by Crippen LogP contribution is -2.23. The fraction of sp³-hybridized carbons (Fsp3) is 0.286. The maximum absolute atomic E-state index is 13.1. The van der Waals surface area contributed by atoms with Gasteiger partial charge in [0.1, 0.15) is 5.82 Å². The molecule has 0 aliphatic rings. The lowest BCUT2D eigenvalue weighted by atomic mass is 10.2. The maximum Gasteiger partial charge on any atom is 0.237 e. The first-order valence-corrected chi connectivity index (χ1v) is 10.7. The molecule has 1 heterocycles. The molecule has 158 valence electrons. The molecule has 0 unspecified atom stereocenters. The van der Waals surface area contributed by atoms with E-state index in [9.17, 15) is 9.18 Å². The Bertz CT molecular complexity index is 997. The Morgan fingerprint density at radius 1 is 1.23 bits per heavy atom. The van der Waals surface area contributed by atoms with Crippen LogP contribution in [-0.2, 0) is 16.1 Å². The number of aromatic nitrogens is 3. The van der Waals surface area contributed by atoms with Crippen LogP contribution in [0.4, 0.5) is 10.1 Å². The fourth-order valence-corrected chi connectivity index (χ4v) is 3.87. The third kappa shape index (κ3) is 5.59. The Morgan fingerprint density at radius 2 is 1.97 bits per heavy atom. The van der Waals surface area contributed by atoms with Crippen LogP contribution in [0.3, 0.4) is 0 Å². The molecule has 3 aromatic rings. The minimum atomic E-state index is -0.445. The largest absolute Gasteiger partial charge is 0.385 e. The first-order chi connectivity index (χ1) is 14.5. The number of benzene rings is 2. The van der Waals surface area contributed by atoms with Gasteiger partial charge >= 0.3 is 0 Å². The van der Waals surface area contributed by atoms with Crippen molar-refractivity contribution in [2.24, 2.45) is 0 Å². The molecule has 0 saturated heterocycles. The zero-order valence-corrected chi connectivity index (χ0v) is 18.2. The SMILES string of the molecule is COCCCn1c(S[C@@H](C)C(=O)Nc2ccc(F)cc2)nnc1-c1ccccc1Cl. The number of hydrogen-bond donors (Lipinski definition) is 1. The number of thioether (sulfide) groups is 1. The molecule has 1 aromatic heterocycles. The van der Waals surface area contributed by atoms with Crippen LogP contribution in [0.15, 0.2) is 53.7 Å². The van der Waals surface area contributed by atoms with Crippen LogP contribution in [0.5, 0.6) is 0 Å². The van der Waals surface area contributed by atoms with Crippen molar-refractivity contribution in [1.82, 2.24) is 14.8 Å². The number of nitrogens with zero attached hydrogens (tertiary/aromatic N) is 3. The number of carbonyl (C=O) groups excluding carboxylic acids is 1. The smallest absolute Gasteiger partial charge is 0.237 e. The van der Waals surface area contributed by atoms with Crippen molar-refractivity contribution in [1.29, 1.82) is 0 Å². The second-order valence-corrected chi connectivity index (χ2v) is 8.26. The van der Waals surface area contributed by atoms with Gasteiger partial charge in [0.15, 0.2) is 11.0 Å². The van der Waals surface area contributed by atoms with Crippen molar-refractivity contribution in [2.75, 3.05) is 19.0 Å². The predicted octanol–water partition coefficient (Wildman–Crippen LogP) is 4.89. The third-order valence-electron chi connectivity index (χ3n) is 4.32. The molecule has 0 radical (unpaired) electrons. The molecule has 0 aliphatic carbocycles. The number of carbonyl (C=O) groups is 1. The molecule has 0 saturated carbocycles. The van der Waals surface area contributed by atoms with E-state index < -0.39 is 5.25 Å². The highest BCUT2D eigenvalue weighted by molar-refractivity contribution is 8.00. The number of halogens is 2. The summed E-state index contributed by atoms with van der Waals surface area (Å²) in [6.45, 7) is 2.99. The van der Waals surface area contributed by atoms with Crippen molar-refractivity contribution >= 4 is 35.0 Å². The summed E-state index contributed by atoms with van der Waals surface area (Å²) in [4.78, 5) is 12.6. The Kier molecular flexibility index (Phi) is 7.84. The first-order valence-electron chi connectivity index (χ1n) is 9.39. The molecular formula is C21H22ClFN4O2S. The predicted molar refractivity (Wildman–Crippen MR) is 117 cm³/mol. The van der Waals surface area contributed by atoms with Gasteiger partial charge in [-0.15, -0.1) is 10.2 Å². The van der Waals surface area contributed by atoms with E-state index in [0.717, 1.165) is 12.0 Å². The van der Waals surface area contributed by atoms with Gasteiger partial charge in [-0.05, 0) is 49.7 Å². The van der Waals surface area contributed by atoms with E-state index in [0.29, 0.717) is 34.8 Å².